The number of nitrogens with one attached hydrogen (secondary N) is 2. The number of ether oxygens (including phenoxy) is 2. The average molecular weight is 367 g/mol. The van der Waals surface area contributed by atoms with Gasteiger partial charge in [-0.3, -0.25) is 14.5 Å². The van der Waals surface area contributed by atoms with Gasteiger partial charge in [-0.05, 0) is 31.5 Å². The van der Waals surface area contributed by atoms with Gasteiger partial charge in [0, 0.05) is 38.3 Å². The number of hydrogen-bond donors (Lipinski definition) is 2. The number of nitrogens with zero attached hydrogens (tertiary/aromatic N) is 1. The Bertz CT molecular complexity index is 641. The maximum Gasteiger partial charge on any atom is 0.246 e. The van der Waals surface area contributed by atoms with Crippen LogP contribution in [0.3, 0.4) is 0 Å². The molecule has 1 aromatic carbocycles. The Morgan fingerprint density at radius 1 is 1.35 bits per heavy atom. The Balaban J connectivity index is 2.14. The molecule has 1 aromatic rings. The molecule has 2 N–H and O–H groups in total. The van der Waals surface area contributed by atoms with Gasteiger partial charge in [-0.2, -0.15) is 0 Å². The van der Waals surface area contributed by atoms with Crippen molar-refractivity contribution in [1.82, 2.24) is 15.5 Å². The molecule has 0 saturated carbocycles. The maximum atomic E-state index is 14.2. The molecule has 7 nitrogen and oxygen atoms in total. The van der Waals surface area contributed by atoms with Crippen molar-refractivity contribution < 1.29 is 23.5 Å². The van der Waals surface area contributed by atoms with Crippen molar-refractivity contribution in [3.63, 3.8) is 0 Å². The second-order valence-electron chi connectivity index (χ2n) is 6.23. The molecular weight excluding hydrogens is 341 g/mol. The third-order valence-corrected chi connectivity index (χ3v) is 4.32. The van der Waals surface area contributed by atoms with Gasteiger partial charge in [0.05, 0.1) is 13.2 Å². The number of hydrogen-bond acceptors (Lipinski definition) is 5. The lowest BCUT2D eigenvalue weighted by atomic mass is 10.1. The molecule has 2 atom stereocenters. The first-order valence-electron chi connectivity index (χ1n) is 8.61. The normalized spacial score (nSPS) is 20.0. The summed E-state index contributed by atoms with van der Waals surface area (Å²) in [6.45, 7) is 3.02. The molecule has 1 aliphatic heterocycles. The average Bonchev–Trinajstić information content (AvgIpc) is 2.99. The zero-order valence-corrected chi connectivity index (χ0v) is 15.4. The minimum absolute atomic E-state index is 0.0349. The maximum absolute atomic E-state index is 14.2. The molecule has 0 spiro atoms. The third kappa shape index (κ3) is 5.15. The van der Waals surface area contributed by atoms with E-state index in [1.54, 1.807) is 12.1 Å². The van der Waals surface area contributed by atoms with Gasteiger partial charge in [0.15, 0.2) is 0 Å². The van der Waals surface area contributed by atoms with E-state index >= 15 is 0 Å². The summed E-state index contributed by atoms with van der Waals surface area (Å²) in [6.07, 6.45) is 0.465. The first-order valence-corrected chi connectivity index (χ1v) is 8.61. The second kappa shape index (κ2) is 9.49. The Kier molecular flexibility index (Phi) is 7.35. The monoisotopic (exact) mass is 367 g/mol. The number of carbonyl (C=O) groups excluding carboxylic acids is 2. The summed E-state index contributed by atoms with van der Waals surface area (Å²) in [5, 5.41) is 5.66. The molecule has 144 valence electrons. The molecule has 0 aromatic heterocycles. The fourth-order valence-corrected chi connectivity index (χ4v) is 3.17. The van der Waals surface area contributed by atoms with Crippen LogP contribution in [-0.4, -0.2) is 62.7 Å². The van der Waals surface area contributed by atoms with Gasteiger partial charge in [-0.1, -0.05) is 0 Å². The lowest BCUT2D eigenvalue weighted by Crippen LogP contribution is -2.42. The Labute approximate surface area is 152 Å². The Hall–Kier alpha value is -2.19. The number of benzene rings is 1. The van der Waals surface area contributed by atoms with Gasteiger partial charge in [0.1, 0.15) is 18.2 Å². The van der Waals surface area contributed by atoms with Gasteiger partial charge in [0.25, 0.3) is 0 Å². The third-order valence-electron chi connectivity index (χ3n) is 4.32. The van der Waals surface area contributed by atoms with E-state index in [1.807, 2.05) is 11.8 Å². The van der Waals surface area contributed by atoms with Crippen LogP contribution in [-0.2, 0) is 20.9 Å². The topological polar surface area (TPSA) is 79.9 Å². The quantitative estimate of drug-likeness (QED) is 0.706. The summed E-state index contributed by atoms with van der Waals surface area (Å²) in [6, 6.07) is 3.90. The van der Waals surface area contributed by atoms with Crippen LogP contribution in [0.25, 0.3) is 0 Å². The highest BCUT2D eigenvalue weighted by Gasteiger charge is 2.37. The summed E-state index contributed by atoms with van der Waals surface area (Å²) in [4.78, 5) is 26.1. The molecule has 1 heterocycles. The summed E-state index contributed by atoms with van der Waals surface area (Å²) < 4.78 is 24.1. The fraction of sp³-hybridized carbons (Fsp3) is 0.556. The standard InChI is InChI=1S/C18H26FN3O4/c1-4-20-18(24)16-8-13(21-17(23)11-25-2)10-22(16)9-12-7-14(26-3)5-6-15(12)19/h5-7,13,16H,4,8-11H2,1-3H3,(H,20,24)(H,21,23)/t13-,16-/m0/s1. The SMILES string of the molecule is CCNC(=O)[C@@H]1C[C@H](NC(=O)COC)CN1Cc1cc(OC)ccc1F. The van der Waals surface area contributed by atoms with Crippen LogP contribution in [0.4, 0.5) is 4.39 Å². The van der Waals surface area contributed by atoms with E-state index in [-0.39, 0.29) is 36.8 Å². The van der Waals surface area contributed by atoms with E-state index in [9.17, 15) is 14.0 Å². The molecule has 0 radical (unpaired) electrons. The highest BCUT2D eigenvalue weighted by Crippen LogP contribution is 2.24. The summed E-state index contributed by atoms with van der Waals surface area (Å²) in [5.74, 6) is -0.159. The predicted molar refractivity (Wildman–Crippen MR) is 94.3 cm³/mol. The Morgan fingerprint density at radius 3 is 2.77 bits per heavy atom. The van der Waals surface area contributed by atoms with Crippen LogP contribution in [0.15, 0.2) is 18.2 Å². The van der Waals surface area contributed by atoms with Gasteiger partial charge >= 0.3 is 0 Å². The van der Waals surface area contributed by atoms with Crippen molar-refractivity contribution in [3.8, 4) is 5.75 Å². The van der Waals surface area contributed by atoms with Gasteiger partial charge < -0.3 is 20.1 Å². The van der Waals surface area contributed by atoms with E-state index in [2.05, 4.69) is 10.6 Å². The van der Waals surface area contributed by atoms with E-state index in [0.29, 0.717) is 30.8 Å². The zero-order valence-electron chi connectivity index (χ0n) is 15.4. The first kappa shape index (κ1) is 20.1. The van der Waals surface area contributed by atoms with Gasteiger partial charge in [-0.15, -0.1) is 0 Å². The Morgan fingerprint density at radius 2 is 2.12 bits per heavy atom. The molecule has 2 rings (SSSR count). The minimum Gasteiger partial charge on any atom is -0.497 e. The van der Waals surface area contributed by atoms with Crippen molar-refractivity contribution in [3.05, 3.63) is 29.6 Å². The molecule has 2 amide bonds. The van der Waals surface area contributed by atoms with Crippen molar-refractivity contribution in [2.45, 2.75) is 32.0 Å². The van der Waals surface area contributed by atoms with E-state index in [4.69, 9.17) is 9.47 Å². The van der Waals surface area contributed by atoms with Crippen molar-refractivity contribution in [2.24, 2.45) is 0 Å². The number of rotatable bonds is 8. The molecular formula is C18H26FN3O4. The zero-order chi connectivity index (χ0) is 19.1. The van der Waals surface area contributed by atoms with Crippen LogP contribution in [0.5, 0.6) is 5.75 Å². The van der Waals surface area contributed by atoms with E-state index < -0.39 is 6.04 Å². The molecule has 0 aliphatic carbocycles. The molecule has 26 heavy (non-hydrogen) atoms. The molecule has 1 saturated heterocycles. The second-order valence-corrected chi connectivity index (χ2v) is 6.23. The van der Waals surface area contributed by atoms with Gasteiger partial charge in [0.2, 0.25) is 11.8 Å². The van der Waals surface area contributed by atoms with Crippen LogP contribution >= 0.6 is 0 Å². The van der Waals surface area contributed by atoms with Gasteiger partial charge in [-0.25, -0.2) is 4.39 Å². The first-order chi connectivity index (χ1) is 12.5. The van der Waals surface area contributed by atoms with Crippen LogP contribution in [0.2, 0.25) is 0 Å². The van der Waals surface area contributed by atoms with Crippen LogP contribution < -0.4 is 15.4 Å². The number of halogens is 1. The molecule has 0 unspecified atom stereocenters. The summed E-state index contributed by atoms with van der Waals surface area (Å²) in [5.41, 5.74) is 0.447. The lowest BCUT2D eigenvalue weighted by Gasteiger charge is -2.23. The number of likely N-dealkylation sites (tertiary alicyclic amines) is 1. The smallest absolute Gasteiger partial charge is 0.246 e. The number of amides is 2. The highest BCUT2D eigenvalue weighted by atomic mass is 19.1. The number of methoxy groups -OCH3 is 2. The number of likely N-dealkylation sites (N-methyl/N-ethyl adjacent to an activating group) is 1. The summed E-state index contributed by atoms with van der Waals surface area (Å²) >= 11 is 0. The fourth-order valence-electron chi connectivity index (χ4n) is 3.17. The highest BCUT2D eigenvalue weighted by molar-refractivity contribution is 5.82. The molecule has 0 bridgehead atoms. The molecule has 1 fully saturated rings. The van der Waals surface area contributed by atoms with Crippen LogP contribution in [0, 0.1) is 5.82 Å². The molecule has 1 aliphatic rings. The lowest BCUT2D eigenvalue weighted by molar-refractivity contribution is -0.126. The van der Waals surface area contributed by atoms with Crippen molar-refractivity contribution in [2.75, 3.05) is 33.9 Å². The predicted octanol–water partition coefficient (Wildman–Crippen LogP) is 0.676. The minimum atomic E-state index is -0.437. The largest absolute Gasteiger partial charge is 0.497 e. The molecule has 8 heteroatoms. The van der Waals surface area contributed by atoms with Crippen molar-refractivity contribution >= 4 is 11.8 Å². The van der Waals surface area contributed by atoms with E-state index in [1.165, 1.54) is 20.3 Å². The summed E-state index contributed by atoms with van der Waals surface area (Å²) in [7, 11) is 2.97. The van der Waals surface area contributed by atoms with E-state index in [0.717, 1.165) is 0 Å². The number of carbonyl (C=O) groups is 2. The van der Waals surface area contributed by atoms with Crippen molar-refractivity contribution in [1.29, 1.82) is 0 Å². The van der Waals surface area contributed by atoms with Crippen LogP contribution in [0.1, 0.15) is 18.9 Å².